The summed E-state index contributed by atoms with van der Waals surface area (Å²) < 4.78 is 40.1. The van der Waals surface area contributed by atoms with Gasteiger partial charge in [0.25, 0.3) is 0 Å². The first-order chi connectivity index (χ1) is 13.3. The van der Waals surface area contributed by atoms with Crippen molar-refractivity contribution in [3.8, 4) is 11.8 Å². The number of aliphatic imine (C=N–C) groups is 1. The Bertz CT molecular complexity index is 920. The summed E-state index contributed by atoms with van der Waals surface area (Å²) in [4.78, 5) is 8.55. The summed E-state index contributed by atoms with van der Waals surface area (Å²) in [5.41, 5.74) is -0.384. The Morgan fingerprint density at radius 2 is 2.21 bits per heavy atom. The molecular weight excluding hydrogens is 369 g/mol. The Morgan fingerprint density at radius 3 is 2.96 bits per heavy atom. The highest BCUT2D eigenvalue weighted by Crippen LogP contribution is 2.29. The van der Waals surface area contributed by atoms with Crippen molar-refractivity contribution in [2.45, 2.75) is 38.5 Å². The van der Waals surface area contributed by atoms with Crippen molar-refractivity contribution >= 4 is 5.96 Å². The molecule has 0 amide bonds. The average Bonchev–Trinajstić information content (AvgIpc) is 3.03. The number of hydrogen-bond donors (Lipinski definition) is 2. The van der Waals surface area contributed by atoms with Crippen molar-refractivity contribution in [2.24, 2.45) is 4.99 Å². The smallest absolute Gasteiger partial charge is 0.352 e. The molecule has 0 spiro atoms. The van der Waals surface area contributed by atoms with E-state index in [-0.39, 0.29) is 12.6 Å². The van der Waals surface area contributed by atoms with E-state index >= 15 is 0 Å². The number of rotatable bonds is 2. The minimum atomic E-state index is -4.37. The summed E-state index contributed by atoms with van der Waals surface area (Å²) in [6.45, 7) is 2.83. The van der Waals surface area contributed by atoms with Crippen LogP contribution in [0.25, 0.3) is 0 Å². The van der Waals surface area contributed by atoms with Crippen LogP contribution in [0, 0.1) is 18.8 Å². The summed E-state index contributed by atoms with van der Waals surface area (Å²) in [6.07, 6.45) is -2.62. The second-order valence-electron chi connectivity index (χ2n) is 6.44. The molecule has 0 radical (unpaired) electrons. The van der Waals surface area contributed by atoms with Crippen LogP contribution < -0.4 is 10.6 Å². The molecule has 3 rings (SSSR count). The number of halogens is 3. The van der Waals surface area contributed by atoms with Gasteiger partial charge < -0.3 is 10.6 Å². The van der Waals surface area contributed by atoms with Crippen LogP contribution in [-0.4, -0.2) is 40.4 Å². The highest BCUT2D eigenvalue weighted by molar-refractivity contribution is 5.80. The number of hydrogen-bond acceptors (Lipinski definition) is 3. The van der Waals surface area contributed by atoms with Gasteiger partial charge in [0.1, 0.15) is 11.6 Å². The Hall–Kier alpha value is -3.02. The number of nitrogens with zero attached hydrogens (tertiary/aromatic N) is 4. The van der Waals surface area contributed by atoms with E-state index in [1.165, 1.54) is 6.07 Å². The minimum absolute atomic E-state index is 0.163. The Labute approximate surface area is 161 Å². The van der Waals surface area contributed by atoms with Gasteiger partial charge in [-0.1, -0.05) is 17.9 Å². The number of aryl methyl sites for hydroxylation is 2. The fourth-order valence-corrected chi connectivity index (χ4v) is 2.99. The van der Waals surface area contributed by atoms with Gasteiger partial charge in [-0.25, -0.2) is 9.67 Å². The number of guanidine groups is 1. The number of fused-ring (bicyclic) bond motifs is 1. The number of aromatic nitrogens is 3. The lowest BCUT2D eigenvalue weighted by atomic mass is 10.1. The summed E-state index contributed by atoms with van der Waals surface area (Å²) >= 11 is 0. The van der Waals surface area contributed by atoms with Crippen molar-refractivity contribution in [3.05, 3.63) is 47.0 Å². The third-order valence-electron chi connectivity index (χ3n) is 4.30. The second-order valence-corrected chi connectivity index (χ2v) is 6.44. The van der Waals surface area contributed by atoms with Crippen LogP contribution in [0.15, 0.2) is 29.3 Å². The molecule has 6 nitrogen and oxygen atoms in total. The summed E-state index contributed by atoms with van der Waals surface area (Å²) in [5, 5.41) is 10.7. The lowest BCUT2D eigenvalue weighted by molar-refractivity contribution is -0.137. The molecule has 28 heavy (non-hydrogen) atoms. The molecule has 1 aromatic carbocycles. The Kier molecular flexibility index (Phi) is 5.87. The molecule has 9 heteroatoms. The van der Waals surface area contributed by atoms with Crippen molar-refractivity contribution < 1.29 is 13.2 Å². The van der Waals surface area contributed by atoms with Crippen LogP contribution in [0.2, 0.25) is 0 Å². The SMILES string of the molecule is CN=C(NCC#Cc1cccc(C(F)(F)F)c1)NC1CCc2nc(C)nn2C1. The predicted molar refractivity (Wildman–Crippen MR) is 99.7 cm³/mol. The van der Waals surface area contributed by atoms with Crippen LogP contribution in [0.5, 0.6) is 0 Å². The first-order valence-electron chi connectivity index (χ1n) is 8.89. The molecular formula is C19H21F3N6. The fourth-order valence-electron chi connectivity index (χ4n) is 2.99. The van der Waals surface area contributed by atoms with E-state index in [2.05, 4.69) is 37.5 Å². The largest absolute Gasteiger partial charge is 0.416 e. The van der Waals surface area contributed by atoms with Crippen LogP contribution in [0.1, 0.15) is 29.2 Å². The normalized spacial score (nSPS) is 16.8. The van der Waals surface area contributed by atoms with Gasteiger partial charge in [0.2, 0.25) is 0 Å². The molecule has 0 saturated carbocycles. The summed E-state index contributed by atoms with van der Waals surface area (Å²) in [7, 11) is 1.66. The summed E-state index contributed by atoms with van der Waals surface area (Å²) in [6, 6.07) is 5.14. The quantitative estimate of drug-likeness (QED) is 0.468. The first kappa shape index (κ1) is 19.7. The predicted octanol–water partition coefficient (Wildman–Crippen LogP) is 2.14. The van der Waals surface area contributed by atoms with E-state index in [1.54, 1.807) is 13.1 Å². The van der Waals surface area contributed by atoms with Crippen molar-refractivity contribution in [1.82, 2.24) is 25.4 Å². The van der Waals surface area contributed by atoms with Gasteiger partial charge in [0, 0.05) is 25.1 Å². The van der Waals surface area contributed by atoms with E-state index in [1.807, 2.05) is 11.6 Å². The lowest BCUT2D eigenvalue weighted by Gasteiger charge is -2.25. The minimum Gasteiger partial charge on any atom is -0.352 e. The zero-order chi connectivity index (χ0) is 20.1. The first-order valence-corrected chi connectivity index (χ1v) is 8.89. The van der Waals surface area contributed by atoms with Crippen LogP contribution >= 0.6 is 0 Å². The van der Waals surface area contributed by atoms with E-state index in [0.717, 1.165) is 36.6 Å². The molecule has 0 fully saturated rings. The van der Waals surface area contributed by atoms with Gasteiger partial charge in [-0.3, -0.25) is 4.99 Å². The van der Waals surface area contributed by atoms with Crippen molar-refractivity contribution in [1.29, 1.82) is 0 Å². The number of alkyl halides is 3. The molecule has 0 bridgehead atoms. The van der Waals surface area contributed by atoms with E-state index in [4.69, 9.17) is 0 Å². The molecule has 1 aliphatic rings. The van der Waals surface area contributed by atoms with Gasteiger partial charge in [-0.15, -0.1) is 0 Å². The van der Waals surface area contributed by atoms with Gasteiger partial charge >= 0.3 is 6.18 Å². The fraction of sp³-hybridized carbons (Fsp3) is 0.421. The Morgan fingerprint density at radius 1 is 1.39 bits per heavy atom. The highest BCUT2D eigenvalue weighted by Gasteiger charge is 2.30. The molecule has 1 aliphatic heterocycles. The van der Waals surface area contributed by atoms with Gasteiger partial charge in [0.15, 0.2) is 5.96 Å². The van der Waals surface area contributed by atoms with Crippen LogP contribution in [0.4, 0.5) is 13.2 Å². The second kappa shape index (κ2) is 8.33. The standard InChI is InChI=1S/C19H21F3N6/c1-13-25-17-9-8-16(12-28(17)27-13)26-18(23-2)24-10-4-6-14-5-3-7-15(11-14)19(20,21)22/h3,5,7,11,16H,8-10,12H2,1-2H3,(H2,23,24,26). The van der Waals surface area contributed by atoms with Gasteiger partial charge in [0.05, 0.1) is 18.7 Å². The van der Waals surface area contributed by atoms with Crippen molar-refractivity contribution in [2.75, 3.05) is 13.6 Å². The zero-order valence-corrected chi connectivity index (χ0v) is 15.6. The van der Waals surface area contributed by atoms with Gasteiger partial charge in [-0.2, -0.15) is 18.3 Å². The van der Waals surface area contributed by atoms with Crippen LogP contribution in [-0.2, 0) is 19.1 Å². The molecule has 2 aromatic rings. The number of nitrogens with one attached hydrogen (secondary N) is 2. The maximum atomic E-state index is 12.7. The molecule has 0 saturated heterocycles. The molecule has 1 unspecified atom stereocenters. The Balaban J connectivity index is 1.53. The molecule has 2 N–H and O–H groups in total. The topological polar surface area (TPSA) is 67.1 Å². The molecule has 1 aromatic heterocycles. The van der Waals surface area contributed by atoms with Crippen LogP contribution in [0.3, 0.4) is 0 Å². The number of benzene rings is 1. The molecule has 0 aliphatic carbocycles. The molecule has 1 atom stereocenters. The van der Waals surface area contributed by atoms with E-state index < -0.39 is 11.7 Å². The third kappa shape index (κ3) is 5.03. The van der Waals surface area contributed by atoms with E-state index in [0.29, 0.717) is 18.1 Å². The highest BCUT2D eigenvalue weighted by atomic mass is 19.4. The maximum absolute atomic E-state index is 12.7. The summed E-state index contributed by atoms with van der Waals surface area (Å²) in [5.74, 6) is 7.91. The maximum Gasteiger partial charge on any atom is 0.416 e. The lowest BCUT2D eigenvalue weighted by Crippen LogP contribution is -2.47. The molecule has 2 heterocycles. The van der Waals surface area contributed by atoms with Gasteiger partial charge in [-0.05, 0) is 31.5 Å². The third-order valence-corrected chi connectivity index (χ3v) is 4.30. The average molecular weight is 390 g/mol. The molecule has 148 valence electrons. The monoisotopic (exact) mass is 390 g/mol. The van der Waals surface area contributed by atoms with Crippen molar-refractivity contribution in [3.63, 3.8) is 0 Å². The zero-order valence-electron chi connectivity index (χ0n) is 15.6. The van der Waals surface area contributed by atoms with E-state index in [9.17, 15) is 13.2 Å².